The van der Waals surface area contributed by atoms with Gasteiger partial charge in [0.25, 0.3) is 5.56 Å². The Labute approximate surface area is 134 Å². The van der Waals surface area contributed by atoms with Gasteiger partial charge in [-0.1, -0.05) is 55.9 Å². The Balaban J connectivity index is 2.66. The van der Waals surface area contributed by atoms with E-state index in [0.29, 0.717) is 17.4 Å². The van der Waals surface area contributed by atoms with Crippen molar-refractivity contribution in [2.75, 3.05) is 5.75 Å². The predicted molar refractivity (Wildman–Crippen MR) is 90.0 cm³/mol. The van der Waals surface area contributed by atoms with Crippen LogP contribution in [0.5, 0.6) is 0 Å². The lowest BCUT2D eigenvalue weighted by molar-refractivity contribution is 0.575. The van der Waals surface area contributed by atoms with E-state index >= 15 is 0 Å². The molecule has 0 aliphatic heterocycles. The van der Waals surface area contributed by atoms with Crippen LogP contribution in [-0.2, 0) is 6.54 Å². The molecule has 1 heterocycles. The number of aromatic nitrogens is 2. The van der Waals surface area contributed by atoms with E-state index in [0.717, 1.165) is 24.2 Å². The Morgan fingerprint density at radius 3 is 2.55 bits per heavy atom. The quantitative estimate of drug-likeness (QED) is 0.603. The summed E-state index contributed by atoms with van der Waals surface area (Å²) in [7, 11) is 0. The summed E-state index contributed by atoms with van der Waals surface area (Å²) in [5, 5.41) is 10.1. The first-order valence-electron chi connectivity index (χ1n) is 7.46. The summed E-state index contributed by atoms with van der Waals surface area (Å²) in [5.41, 5.74) is 1.18. The maximum absolute atomic E-state index is 12.7. The van der Waals surface area contributed by atoms with Gasteiger partial charge < -0.3 is 0 Å². The molecule has 0 saturated heterocycles. The van der Waals surface area contributed by atoms with Crippen molar-refractivity contribution in [1.29, 1.82) is 5.26 Å². The minimum absolute atomic E-state index is 0.125. The van der Waals surface area contributed by atoms with E-state index < -0.39 is 0 Å². The van der Waals surface area contributed by atoms with E-state index in [1.54, 1.807) is 16.3 Å². The fourth-order valence-corrected chi connectivity index (χ4v) is 3.04. The molecule has 0 atom stereocenters. The van der Waals surface area contributed by atoms with Crippen LogP contribution in [0.2, 0.25) is 0 Å². The molecule has 0 amide bonds. The highest BCUT2D eigenvalue weighted by Gasteiger charge is 2.17. The molecule has 22 heavy (non-hydrogen) atoms. The van der Waals surface area contributed by atoms with Crippen molar-refractivity contribution >= 4 is 11.8 Å². The smallest absolute Gasteiger partial charge is 0.272 e. The van der Waals surface area contributed by atoms with Gasteiger partial charge in [-0.05, 0) is 12.8 Å². The molecule has 114 valence electrons. The zero-order valence-corrected chi connectivity index (χ0v) is 13.7. The van der Waals surface area contributed by atoms with Crippen LogP contribution >= 0.6 is 11.8 Å². The molecule has 0 spiro atoms. The number of hydrogen-bond acceptors (Lipinski definition) is 4. The summed E-state index contributed by atoms with van der Waals surface area (Å²) in [6.07, 6.45) is 1.84. The van der Waals surface area contributed by atoms with E-state index in [-0.39, 0.29) is 11.1 Å². The van der Waals surface area contributed by atoms with E-state index in [2.05, 4.69) is 11.9 Å². The summed E-state index contributed by atoms with van der Waals surface area (Å²) in [5.74, 6) is 0.899. The fraction of sp³-hybridized carbons (Fsp3) is 0.353. The Morgan fingerprint density at radius 2 is 1.95 bits per heavy atom. The Hall–Kier alpha value is -2.06. The van der Waals surface area contributed by atoms with Crippen molar-refractivity contribution in [3.05, 3.63) is 46.2 Å². The Kier molecular flexibility index (Phi) is 5.79. The number of nitriles is 1. The predicted octanol–water partition coefficient (Wildman–Crippen LogP) is 3.69. The van der Waals surface area contributed by atoms with Crippen molar-refractivity contribution < 1.29 is 0 Å². The average Bonchev–Trinajstić information content (AvgIpc) is 2.56. The van der Waals surface area contributed by atoms with Crippen LogP contribution in [-0.4, -0.2) is 15.3 Å². The maximum Gasteiger partial charge on any atom is 0.272 e. The molecule has 0 bridgehead atoms. The molecule has 0 aliphatic carbocycles. The highest BCUT2D eigenvalue weighted by atomic mass is 32.2. The van der Waals surface area contributed by atoms with Gasteiger partial charge >= 0.3 is 0 Å². The maximum atomic E-state index is 12.7. The lowest BCUT2D eigenvalue weighted by Gasteiger charge is -2.13. The molecule has 2 aromatic rings. The van der Waals surface area contributed by atoms with Gasteiger partial charge in [-0.3, -0.25) is 9.36 Å². The molecule has 4 nitrogen and oxygen atoms in total. The Bertz CT molecular complexity index is 732. The second-order valence-electron chi connectivity index (χ2n) is 4.90. The highest BCUT2D eigenvalue weighted by molar-refractivity contribution is 7.99. The summed E-state index contributed by atoms with van der Waals surface area (Å²) < 4.78 is 1.63. The van der Waals surface area contributed by atoms with Crippen molar-refractivity contribution in [3.8, 4) is 17.3 Å². The lowest BCUT2D eigenvalue weighted by Crippen LogP contribution is -2.26. The molecule has 1 aromatic carbocycles. The largest absolute Gasteiger partial charge is 0.286 e. The monoisotopic (exact) mass is 313 g/mol. The summed E-state index contributed by atoms with van der Waals surface area (Å²) in [6.45, 7) is 4.69. The van der Waals surface area contributed by atoms with Crippen LogP contribution in [0.1, 0.15) is 32.3 Å². The molecule has 5 heteroatoms. The zero-order chi connectivity index (χ0) is 15.9. The van der Waals surface area contributed by atoms with E-state index in [1.165, 1.54) is 0 Å². The molecule has 0 saturated carbocycles. The van der Waals surface area contributed by atoms with Crippen molar-refractivity contribution in [2.24, 2.45) is 0 Å². The SMILES string of the molecule is CCCSc1nc(-c2ccccc2)c(C#N)c(=O)n1CCC. The van der Waals surface area contributed by atoms with Crippen molar-refractivity contribution in [1.82, 2.24) is 9.55 Å². The number of benzene rings is 1. The third-order valence-electron chi connectivity index (χ3n) is 3.18. The number of thioether (sulfide) groups is 1. The molecule has 2 rings (SSSR count). The molecular weight excluding hydrogens is 294 g/mol. The first-order chi connectivity index (χ1) is 10.7. The first kappa shape index (κ1) is 16.3. The van der Waals surface area contributed by atoms with Crippen LogP contribution < -0.4 is 5.56 Å². The summed E-state index contributed by atoms with van der Waals surface area (Å²) in [6, 6.07) is 11.5. The number of rotatable bonds is 6. The average molecular weight is 313 g/mol. The third kappa shape index (κ3) is 3.40. The van der Waals surface area contributed by atoms with Crippen LogP contribution in [0.4, 0.5) is 0 Å². The molecule has 0 fully saturated rings. The van der Waals surface area contributed by atoms with E-state index in [1.807, 2.05) is 43.3 Å². The van der Waals surface area contributed by atoms with Crippen LogP contribution in [0.3, 0.4) is 0 Å². The molecule has 0 N–H and O–H groups in total. The standard InChI is InChI=1S/C17H19N3OS/c1-3-10-20-16(21)14(12-18)15(13-8-6-5-7-9-13)19-17(20)22-11-4-2/h5-9H,3-4,10-11H2,1-2H3. The molecule has 0 aliphatic rings. The van der Waals surface area contributed by atoms with E-state index in [9.17, 15) is 10.1 Å². The fourth-order valence-electron chi connectivity index (χ4n) is 2.17. The molecule has 0 unspecified atom stereocenters. The third-order valence-corrected chi connectivity index (χ3v) is 4.36. The Morgan fingerprint density at radius 1 is 1.23 bits per heavy atom. The number of nitrogens with zero attached hydrogens (tertiary/aromatic N) is 3. The van der Waals surface area contributed by atoms with E-state index in [4.69, 9.17) is 0 Å². The minimum atomic E-state index is -0.239. The first-order valence-corrected chi connectivity index (χ1v) is 8.44. The van der Waals surface area contributed by atoms with Crippen molar-refractivity contribution in [3.63, 3.8) is 0 Å². The molecule has 1 aromatic heterocycles. The normalized spacial score (nSPS) is 10.4. The van der Waals surface area contributed by atoms with Crippen LogP contribution in [0.25, 0.3) is 11.3 Å². The second kappa shape index (κ2) is 7.81. The topological polar surface area (TPSA) is 58.7 Å². The summed E-state index contributed by atoms with van der Waals surface area (Å²) >= 11 is 1.57. The van der Waals surface area contributed by atoms with Gasteiger partial charge in [0, 0.05) is 17.9 Å². The van der Waals surface area contributed by atoms with Crippen LogP contribution in [0, 0.1) is 11.3 Å². The molecular formula is C17H19N3OS. The number of hydrogen-bond donors (Lipinski definition) is 0. The highest BCUT2D eigenvalue weighted by Crippen LogP contribution is 2.23. The second-order valence-corrected chi connectivity index (χ2v) is 5.96. The van der Waals surface area contributed by atoms with Gasteiger partial charge in [-0.25, -0.2) is 4.98 Å². The molecule has 0 radical (unpaired) electrons. The van der Waals surface area contributed by atoms with Gasteiger partial charge in [0.05, 0.1) is 5.69 Å². The zero-order valence-electron chi connectivity index (χ0n) is 12.9. The van der Waals surface area contributed by atoms with Gasteiger partial charge in [-0.2, -0.15) is 5.26 Å². The lowest BCUT2D eigenvalue weighted by atomic mass is 10.1. The van der Waals surface area contributed by atoms with Gasteiger partial charge in [-0.15, -0.1) is 0 Å². The van der Waals surface area contributed by atoms with Gasteiger partial charge in [0.15, 0.2) is 5.16 Å². The van der Waals surface area contributed by atoms with Gasteiger partial charge in [0.1, 0.15) is 11.6 Å². The van der Waals surface area contributed by atoms with Crippen molar-refractivity contribution in [2.45, 2.75) is 38.4 Å². The van der Waals surface area contributed by atoms with Crippen LogP contribution in [0.15, 0.2) is 40.3 Å². The minimum Gasteiger partial charge on any atom is -0.286 e. The summed E-state index contributed by atoms with van der Waals surface area (Å²) in [4.78, 5) is 17.3. The van der Waals surface area contributed by atoms with Gasteiger partial charge in [0.2, 0.25) is 0 Å².